The van der Waals surface area contributed by atoms with Crippen molar-refractivity contribution in [1.82, 2.24) is 15.3 Å². The molecule has 0 unspecified atom stereocenters. The van der Waals surface area contributed by atoms with Crippen molar-refractivity contribution in [3.8, 4) is 5.75 Å². The number of carbonyl (C=O) groups is 2. The fraction of sp³-hybridized carbons (Fsp3) is 0.286. The molecule has 28 heavy (non-hydrogen) atoms. The maximum Gasteiger partial charge on any atom is 0.243 e. The summed E-state index contributed by atoms with van der Waals surface area (Å²) in [6, 6.07) is 13.3. The fourth-order valence-electron chi connectivity index (χ4n) is 2.92. The quantitative estimate of drug-likeness (QED) is 0.560. The lowest BCUT2D eigenvalue weighted by Crippen LogP contribution is -2.32. The SMILES string of the molecule is COc1ccc(C)cc1NC(=O)CNC(=O)CCCc1nc2ccccc2[nH]1. The first kappa shape index (κ1) is 19.4. The zero-order valence-electron chi connectivity index (χ0n) is 16.0. The van der Waals surface area contributed by atoms with E-state index in [4.69, 9.17) is 4.74 Å². The number of benzene rings is 2. The predicted molar refractivity (Wildman–Crippen MR) is 108 cm³/mol. The average Bonchev–Trinajstić information content (AvgIpc) is 3.09. The van der Waals surface area contributed by atoms with Crippen LogP contribution in [0.2, 0.25) is 0 Å². The highest BCUT2D eigenvalue weighted by atomic mass is 16.5. The molecule has 0 aliphatic heterocycles. The molecule has 0 fully saturated rings. The summed E-state index contributed by atoms with van der Waals surface area (Å²) in [5, 5.41) is 5.41. The monoisotopic (exact) mass is 380 g/mol. The molecule has 0 aliphatic rings. The molecule has 1 heterocycles. The zero-order chi connectivity index (χ0) is 19.9. The topological polar surface area (TPSA) is 96.1 Å². The van der Waals surface area contributed by atoms with Gasteiger partial charge in [-0.25, -0.2) is 4.98 Å². The minimum absolute atomic E-state index is 0.0828. The summed E-state index contributed by atoms with van der Waals surface area (Å²) in [5.74, 6) is 0.978. The van der Waals surface area contributed by atoms with Gasteiger partial charge in [-0.2, -0.15) is 0 Å². The van der Waals surface area contributed by atoms with Crippen LogP contribution in [0.25, 0.3) is 11.0 Å². The highest BCUT2D eigenvalue weighted by molar-refractivity contribution is 5.95. The van der Waals surface area contributed by atoms with Gasteiger partial charge in [0.05, 0.1) is 30.4 Å². The van der Waals surface area contributed by atoms with E-state index in [2.05, 4.69) is 20.6 Å². The summed E-state index contributed by atoms with van der Waals surface area (Å²) in [6.45, 7) is 1.85. The minimum atomic E-state index is -0.297. The van der Waals surface area contributed by atoms with Crippen molar-refractivity contribution in [2.75, 3.05) is 19.0 Å². The second-order valence-corrected chi connectivity index (χ2v) is 6.58. The summed E-state index contributed by atoms with van der Waals surface area (Å²) in [5.41, 5.74) is 3.51. The second kappa shape index (κ2) is 9.03. The van der Waals surface area contributed by atoms with Crippen molar-refractivity contribution >= 4 is 28.5 Å². The van der Waals surface area contributed by atoms with E-state index >= 15 is 0 Å². The number of anilines is 1. The molecule has 0 aliphatic carbocycles. The molecule has 0 bridgehead atoms. The molecular formula is C21H24N4O3. The van der Waals surface area contributed by atoms with E-state index in [-0.39, 0.29) is 18.4 Å². The number of para-hydroxylation sites is 2. The van der Waals surface area contributed by atoms with Crippen molar-refractivity contribution in [3.05, 3.63) is 53.9 Å². The molecule has 0 radical (unpaired) electrons. The van der Waals surface area contributed by atoms with Crippen LogP contribution in [0.15, 0.2) is 42.5 Å². The van der Waals surface area contributed by atoms with E-state index in [1.165, 1.54) is 0 Å². The molecule has 0 spiro atoms. The minimum Gasteiger partial charge on any atom is -0.495 e. The van der Waals surface area contributed by atoms with Gasteiger partial charge in [0, 0.05) is 12.8 Å². The Hall–Kier alpha value is -3.35. The number of ether oxygens (including phenoxy) is 1. The van der Waals surface area contributed by atoms with Gasteiger partial charge >= 0.3 is 0 Å². The van der Waals surface area contributed by atoms with Crippen LogP contribution in [-0.4, -0.2) is 35.4 Å². The smallest absolute Gasteiger partial charge is 0.243 e. The van der Waals surface area contributed by atoms with Crippen LogP contribution < -0.4 is 15.4 Å². The van der Waals surface area contributed by atoms with E-state index in [0.29, 0.717) is 30.7 Å². The van der Waals surface area contributed by atoms with E-state index in [1.807, 2.05) is 43.3 Å². The average molecular weight is 380 g/mol. The van der Waals surface area contributed by atoms with Crippen molar-refractivity contribution in [2.45, 2.75) is 26.2 Å². The van der Waals surface area contributed by atoms with Crippen molar-refractivity contribution < 1.29 is 14.3 Å². The van der Waals surface area contributed by atoms with Gasteiger partial charge in [0.15, 0.2) is 0 Å². The third kappa shape index (κ3) is 5.09. The molecule has 146 valence electrons. The van der Waals surface area contributed by atoms with Crippen molar-refractivity contribution in [1.29, 1.82) is 0 Å². The van der Waals surface area contributed by atoms with E-state index in [1.54, 1.807) is 13.2 Å². The number of methoxy groups -OCH3 is 1. The number of H-pyrrole nitrogens is 1. The Labute approximate surface area is 163 Å². The van der Waals surface area contributed by atoms with Gasteiger partial charge in [-0.05, 0) is 43.2 Å². The largest absolute Gasteiger partial charge is 0.495 e. The molecule has 0 atom stereocenters. The third-order valence-electron chi connectivity index (χ3n) is 4.33. The van der Waals surface area contributed by atoms with Gasteiger partial charge in [-0.3, -0.25) is 9.59 Å². The Morgan fingerprint density at radius 3 is 2.75 bits per heavy atom. The number of hydrogen-bond donors (Lipinski definition) is 3. The summed E-state index contributed by atoms with van der Waals surface area (Å²) in [6.07, 6.45) is 1.66. The van der Waals surface area contributed by atoms with Gasteiger partial charge in [0.2, 0.25) is 11.8 Å². The molecule has 0 saturated heterocycles. The number of hydrogen-bond acceptors (Lipinski definition) is 4. The zero-order valence-corrected chi connectivity index (χ0v) is 16.0. The second-order valence-electron chi connectivity index (χ2n) is 6.58. The summed E-state index contributed by atoms with van der Waals surface area (Å²) >= 11 is 0. The van der Waals surface area contributed by atoms with E-state index in [9.17, 15) is 9.59 Å². The molecule has 7 heteroatoms. The van der Waals surface area contributed by atoms with Gasteiger partial charge in [0.25, 0.3) is 0 Å². The number of imidazole rings is 1. The molecule has 0 saturated carbocycles. The number of amides is 2. The maximum atomic E-state index is 12.1. The highest BCUT2D eigenvalue weighted by Gasteiger charge is 2.10. The van der Waals surface area contributed by atoms with Crippen LogP contribution in [0.3, 0.4) is 0 Å². The molecular weight excluding hydrogens is 356 g/mol. The van der Waals surface area contributed by atoms with Crippen molar-refractivity contribution in [2.24, 2.45) is 0 Å². The molecule has 3 rings (SSSR count). The van der Waals surface area contributed by atoms with Gasteiger partial charge in [0.1, 0.15) is 11.6 Å². The lowest BCUT2D eigenvalue weighted by atomic mass is 10.2. The number of nitrogens with zero attached hydrogens (tertiary/aromatic N) is 1. The van der Waals surface area contributed by atoms with Gasteiger partial charge < -0.3 is 20.4 Å². The molecule has 2 amide bonds. The van der Waals surface area contributed by atoms with E-state index < -0.39 is 0 Å². The van der Waals surface area contributed by atoms with Crippen LogP contribution in [-0.2, 0) is 16.0 Å². The molecule has 3 aromatic rings. The molecule has 1 aromatic heterocycles. The summed E-state index contributed by atoms with van der Waals surface area (Å²) in [7, 11) is 1.55. The van der Waals surface area contributed by atoms with Crippen LogP contribution in [0.5, 0.6) is 5.75 Å². The lowest BCUT2D eigenvalue weighted by molar-refractivity contribution is -0.124. The Kier molecular flexibility index (Phi) is 6.26. The Balaban J connectivity index is 1.41. The number of nitrogens with one attached hydrogen (secondary N) is 3. The van der Waals surface area contributed by atoms with Crippen LogP contribution in [0, 0.1) is 6.92 Å². The van der Waals surface area contributed by atoms with E-state index in [0.717, 1.165) is 22.4 Å². The fourth-order valence-corrected chi connectivity index (χ4v) is 2.92. The molecule has 7 nitrogen and oxygen atoms in total. The van der Waals surface area contributed by atoms with Crippen LogP contribution in [0.1, 0.15) is 24.2 Å². The number of aromatic nitrogens is 2. The molecule has 2 aromatic carbocycles. The number of aryl methyl sites for hydroxylation is 2. The number of rotatable bonds is 8. The number of carbonyl (C=O) groups excluding carboxylic acids is 2. The first-order valence-electron chi connectivity index (χ1n) is 9.20. The number of aromatic amines is 1. The predicted octanol–water partition coefficient (Wildman–Crippen LogP) is 2.96. The normalized spacial score (nSPS) is 10.6. The van der Waals surface area contributed by atoms with Crippen LogP contribution >= 0.6 is 0 Å². The third-order valence-corrected chi connectivity index (χ3v) is 4.33. The van der Waals surface area contributed by atoms with Gasteiger partial charge in [-0.1, -0.05) is 18.2 Å². The first-order chi connectivity index (χ1) is 13.5. The Morgan fingerprint density at radius 2 is 1.96 bits per heavy atom. The van der Waals surface area contributed by atoms with Crippen molar-refractivity contribution in [3.63, 3.8) is 0 Å². The summed E-state index contributed by atoms with van der Waals surface area (Å²) < 4.78 is 5.23. The number of fused-ring (bicyclic) bond motifs is 1. The summed E-state index contributed by atoms with van der Waals surface area (Å²) in [4.78, 5) is 31.8. The first-order valence-corrected chi connectivity index (χ1v) is 9.20. The molecule has 3 N–H and O–H groups in total. The Bertz CT molecular complexity index is 948. The van der Waals surface area contributed by atoms with Gasteiger partial charge in [-0.15, -0.1) is 0 Å². The highest BCUT2D eigenvalue weighted by Crippen LogP contribution is 2.24. The lowest BCUT2D eigenvalue weighted by Gasteiger charge is -2.11. The van der Waals surface area contributed by atoms with Crippen LogP contribution in [0.4, 0.5) is 5.69 Å². The Morgan fingerprint density at radius 1 is 1.14 bits per heavy atom. The standard InChI is InChI=1S/C21H24N4O3/c1-14-10-11-18(28-2)17(12-14)25-21(27)13-22-20(26)9-5-8-19-23-15-6-3-4-7-16(15)24-19/h3-4,6-7,10-12H,5,8-9,13H2,1-2H3,(H,22,26)(H,23,24)(H,25,27). The maximum absolute atomic E-state index is 12.1.